The number of guanidine groups is 1. The highest BCUT2D eigenvalue weighted by Gasteiger charge is 1.72. The molecule has 5 heteroatoms. The van der Waals surface area contributed by atoms with E-state index in [1.54, 1.807) is 0 Å². The monoisotopic (exact) mass is 154 g/mol. The van der Waals surface area contributed by atoms with Crippen LogP contribution in [-0.2, 0) is 0 Å². The Kier molecular flexibility index (Phi) is 6.91. The van der Waals surface area contributed by atoms with Crippen molar-refractivity contribution in [2.75, 3.05) is 0 Å². The average molecular weight is 155 g/mol. The van der Waals surface area contributed by atoms with Crippen molar-refractivity contribution in [1.29, 1.82) is 0 Å². The molecule has 0 heterocycles. The van der Waals surface area contributed by atoms with Crippen molar-refractivity contribution in [2.45, 2.75) is 0 Å². The van der Waals surface area contributed by atoms with Crippen LogP contribution in [0.5, 0.6) is 0 Å². The molecule has 7 N–H and O–H groups in total. The first-order valence-corrected chi connectivity index (χ1v) is 1.12. The number of rotatable bonds is 0. The molecule has 6 heavy (non-hydrogen) atoms. The zero-order valence-corrected chi connectivity index (χ0v) is 4.70. The molecular formula is CH7BrN4. The Bertz CT molecular complexity index is 45.5. The molecule has 0 saturated heterocycles. The second-order valence-corrected chi connectivity index (χ2v) is 0.600. The number of nitrogens with one attached hydrogen (secondary N) is 1. The molecule has 0 saturated carbocycles. The van der Waals surface area contributed by atoms with Gasteiger partial charge in [0, 0.05) is 0 Å². The summed E-state index contributed by atoms with van der Waals surface area (Å²) in [6, 6.07) is 0. The highest BCUT2D eigenvalue weighted by Crippen LogP contribution is 0.949. The molecule has 38 valence electrons. The van der Waals surface area contributed by atoms with Gasteiger partial charge < -0.3 is 17.0 Å². The fourth-order valence-corrected chi connectivity index (χ4v) is 0. The minimum atomic E-state index is 0. The summed E-state index contributed by atoms with van der Waals surface area (Å²) in [4.78, 5) is 0. The van der Waals surface area contributed by atoms with E-state index in [0.29, 0.717) is 0 Å². The molecular weight excluding hydrogens is 148 g/mol. The minimum absolute atomic E-state index is 0. The van der Waals surface area contributed by atoms with Crippen LogP contribution in [-0.4, -0.2) is 5.96 Å². The number of halogens is 1. The molecule has 0 radical (unpaired) electrons. The Balaban J connectivity index is 0. The Morgan fingerprint density at radius 3 is 1.50 bits per heavy atom. The minimum Gasteiger partial charge on any atom is -1.00 e. The molecule has 0 unspecified atom stereocenters. The summed E-state index contributed by atoms with van der Waals surface area (Å²) in [6.45, 7) is 0. The van der Waals surface area contributed by atoms with Gasteiger partial charge in [-0.05, 0) is 0 Å². The van der Waals surface area contributed by atoms with Gasteiger partial charge in [-0.15, -0.1) is 0 Å². The zero-order chi connectivity index (χ0) is 4.28. The third-order valence-electron chi connectivity index (χ3n) is 0.167. The quantitative estimate of drug-likeness (QED) is 0.121. The van der Waals surface area contributed by atoms with Crippen LogP contribution >= 0.6 is 0 Å². The number of hydrogen-bond donors (Lipinski definition) is 4. The zero-order valence-electron chi connectivity index (χ0n) is 3.11. The maximum atomic E-state index is 4.75. The van der Waals surface area contributed by atoms with Crippen molar-refractivity contribution in [1.82, 2.24) is 0 Å². The van der Waals surface area contributed by atoms with Crippen LogP contribution in [0.3, 0.4) is 0 Å². The molecule has 0 aromatic carbocycles. The molecule has 0 aromatic rings. The van der Waals surface area contributed by atoms with E-state index in [1.807, 2.05) is 5.10 Å². The smallest absolute Gasteiger partial charge is 0.360 e. The van der Waals surface area contributed by atoms with Crippen molar-refractivity contribution in [2.24, 2.45) is 17.3 Å². The van der Waals surface area contributed by atoms with E-state index in [9.17, 15) is 0 Å². The van der Waals surface area contributed by atoms with Gasteiger partial charge in [-0.1, -0.05) is 0 Å². The van der Waals surface area contributed by atoms with Crippen LogP contribution in [0.1, 0.15) is 0 Å². The van der Waals surface area contributed by atoms with Crippen LogP contribution < -0.4 is 39.4 Å². The van der Waals surface area contributed by atoms with Crippen LogP contribution in [0, 0.1) is 0 Å². The molecule has 0 spiro atoms. The molecule has 0 amide bonds. The van der Waals surface area contributed by atoms with Crippen molar-refractivity contribution in [3.8, 4) is 0 Å². The summed E-state index contributed by atoms with van der Waals surface area (Å²) in [6.07, 6.45) is 0. The van der Waals surface area contributed by atoms with Gasteiger partial charge in [0.05, 0.1) is 0 Å². The van der Waals surface area contributed by atoms with Gasteiger partial charge in [0.2, 0.25) is 0 Å². The van der Waals surface area contributed by atoms with Gasteiger partial charge in [0.15, 0.2) is 0 Å². The van der Waals surface area contributed by atoms with Gasteiger partial charge in [0.25, 0.3) is 0 Å². The van der Waals surface area contributed by atoms with Gasteiger partial charge in [-0.25, -0.2) is 0 Å². The van der Waals surface area contributed by atoms with Gasteiger partial charge in [-0.2, -0.15) is 5.10 Å². The highest BCUT2D eigenvalue weighted by molar-refractivity contribution is 5.68. The second-order valence-electron chi connectivity index (χ2n) is 0.600. The molecule has 4 nitrogen and oxygen atoms in total. The van der Waals surface area contributed by atoms with E-state index in [2.05, 4.69) is 5.84 Å². The summed E-state index contributed by atoms with van der Waals surface area (Å²) in [5.41, 5.74) is 9.50. The molecule has 0 aromatic heterocycles. The first kappa shape index (κ1) is 9.12. The topological polar surface area (TPSA) is 92.0 Å². The molecule has 0 fully saturated rings. The lowest BCUT2D eigenvalue weighted by Crippen LogP contribution is -3.00. The van der Waals surface area contributed by atoms with Crippen molar-refractivity contribution in [3.05, 3.63) is 0 Å². The largest absolute Gasteiger partial charge is 1.00 e. The summed E-state index contributed by atoms with van der Waals surface area (Å²) >= 11 is 0. The highest BCUT2D eigenvalue weighted by atomic mass is 79.9. The number of hydrogen-bond acceptors (Lipinski definition) is 1. The third-order valence-corrected chi connectivity index (χ3v) is 0.167. The van der Waals surface area contributed by atoms with E-state index in [-0.39, 0.29) is 22.9 Å². The van der Waals surface area contributed by atoms with E-state index in [4.69, 9.17) is 11.5 Å². The molecule has 0 atom stereocenters. The lowest BCUT2D eigenvalue weighted by molar-refractivity contribution is -0.471. The van der Waals surface area contributed by atoms with E-state index in [1.165, 1.54) is 0 Å². The summed E-state index contributed by atoms with van der Waals surface area (Å²) in [7, 11) is 0. The maximum absolute atomic E-state index is 4.75. The normalized spacial score (nSPS) is 5.33. The summed E-state index contributed by atoms with van der Waals surface area (Å²) < 4.78 is 0. The Hall–Kier alpha value is -0.450. The van der Waals surface area contributed by atoms with Crippen LogP contribution in [0.15, 0.2) is 0 Å². The van der Waals surface area contributed by atoms with Crippen LogP contribution in [0.25, 0.3) is 0 Å². The Morgan fingerprint density at radius 1 is 1.33 bits per heavy atom. The number of hydrazine groups is 1. The van der Waals surface area contributed by atoms with Crippen LogP contribution in [0.2, 0.25) is 0 Å². The van der Waals surface area contributed by atoms with Gasteiger partial charge in [-0.3, -0.25) is 17.3 Å². The Labute approximate surface area is 46.1 Å². The van der Waals surface area contributed by atoms with Crippen molar-refractivity contribution in [3.63, 3.8) is 0 Å². The second kappa shape index (κ2) is 4.55. The number of hydrazone groups is 1. The Morgan fingerprint density at radius 2 is 1.50 bits per heavy atom. The lowest BCUT2D eigenvalue weighted by atomic mass is 11.1. The third kappa shape index (κ3) is 9.61. The lowest BCUT2D eigenvalue weighted by Gasteiger charge is -1.69. The molecule has 0 aliphatic carbocycles. The first-order valence-electron chi connectivity index (χ1n) is 1.12. The first-order chi connectivity index (χ1) is 2.27. The maximum Gasteiger partial charge on any atom is 0.360 e. The summed E-state index contributed by atoms with van der Waals surface area (Å²) in [5.74, 6) is 4.67. The average Bonchev–Trinajstić information content (AvgIpc) is 1.38. The standard InChI is InChI=1S/CH6N4.BrH/c2-1(3)5-4;/h4H2,(H4,2,3,5);1H. The fourth-order valence-electron chi connectivity index (χ4n) is 0. The van der Waals surface area contributed by atoms with Crippen LogP contribution in [0.4, 0.5) is 0 Å². The van der Waals surface area contributed by atoms with E-state index < -0.39 is 0 Å². The van der Waals surface area contributed by atoms with Crippen molar-refractivity contribution < 1.29 is 22.1 Å². The molecule has 0 aliphatic heterocycles. The van der Waals surface area contributed by atoms with Crippen molar-refractivity contribution >= 4 is 5.96 Å². The molecule has 0 aliphatic rings. The predicted molar refractivity (Wildman–Crippen MR) is 18.5 cm³/mol. The molecule has 0 rings (SSSR count). The van der Waals surface area contributed by atoms with E-state index in [0.717, 1.165) is 0 Å². The SMILES string of the molecule is N[NH+]=C(N)N.[Br-]. The number of nitrogens with two attached hydrogens (primary N) is 3. The van der Waals surface area contributed by atoms with Gasteiger partial charge >= 0.3 is 5.96 Å². The molecule has 0 bridgehead atoms. The predicted octanol–water partition coefficient (Wildman–Crippen LogP) is -6.78. The summed E-state index contributed by atoms with van der Waals surface area (Å²) in [5, 5.41) is 2.00. The van der Waals surface area contributed by atoms with E-state index >= 15 is 0 Å². The van der Waals surface area contributed by atoms with Gasteiger partial charge in [0.1, 0.15) is 0 Å². The fraction of sp³-hybridized carbons (Fsp3) is 0.